The van der Waals surface area contributed by atoms with Crippen molar-refractivity contribution in [2.45, 2.75) is 60.8 Å². The zero-order valence-electron chi connectivity index (χ0n) is 11.1. The molecule has 0 aromatic carbocycles. The number of hydrogen-bond acceptors (Lipinski definition) is 1. The SMILES string of the molecule is C.CC(C)CCC1CCN(CC(C)C)CC1. The Kier molecular flexibility index (Phi) is 8.09. The van der Waals surface area contributed by atoms with Gasteiger partial charge in [-0.25, -0.2) is 0 Å². The quantitative estimate of drug-likeness (QED) is 0.672. The normalized spacial score (nSPS) is 19.1. The number of nitrogens with zero attached hydrogens (tertiary/aromatic N) is 1. The standard InChI is InChI=1S/C14H29N.CH4/c1-12(2)5-6-14-7-9-15(10-8-14)11-13(3)4;/h12-14H,5-11H2,1-4H3;1H4. The van der Waals surface area contributed by atoms with Gasteiger partial charge in [-0.1, -0.05) is 48.0 Å². The van der Waals surface area contributed by atoms with Gasteiger partial charge in [-0.05, 0) is 43.7 Å². The van der Waals surface area contributed by atoms with E-state index < -0.39 is 0 Å². The monoisotopic (exact) mass is 227 g/mol. The third-order valence-electron chi connectivity index (χ3n) is 3.48. The largest absolute Gasteiger partial charge is 0.303 e. The molecule has 98 valence electrons. The van der Waals surface area contributed by atoms with Crippen LogP contribution in [0.15, 0.2) is 0 Å². The summed E-state index contributed by atoms with van der Waals surface area (Å²) < 4.78 is 0. The molecule has 1 aliphatic rings. The van der Waals surface area contributed by atoms with E-state index in [0.717, 1.165) is 17.8 Å². The molecule has 0 aromatic heterocycles. The Labute approximate surface area is 104 Å². The van der Waals surface area contributed by atoms with Crippen molar-refractivity contribution in [3.05, 3.63) is 0 Å². The van der Waals surface area contributed by atoms with Gasteiger partial charge in [0.2, 0.25) is 0 Å². The molecule has 0 spiro atoms. The molecule has 0 aliphatic carbocycles. The molecule has 0 aromatic rings. The van der Waals surface area contributed by atoms with Gasteiger partial charge in [0, 0.05) is 6.54 Å². The van der Waals surface area contributed by atoms with Crippen molar-refractivity contribution >= 4 is 0 Å². The third-order valence-corrected chi connectivity index (χ3v) is 3.48. The summed E-state index contributed by atoms with van der Waals surface area (Å²) in [5.41, 5.74) is 0. The summed E-state index contributed by atoms with van der Waals surface area (Å²) in [6, 6.07) is 0. The van der Waals surface area contributed by atoms with Crippen LogP contribution in [-0.2, 0) is 0 Å². The van der Waals surface area contributed by atoms with Gasteiger partial charge in [0.1, 0.15) is 0 Å². The Morgan fingerprint density at radius 1 is 1.00 bits per heavy atom. The summed E-state index contributed by atoms with van der Waals surface area (Å²) in [4.78, 5) is 2.65. The van der Waals surface area contributed by atoms with Gasteiger partial charge in [0.05, 0.1) is 0 Å². The Morgan fingerprint density at radius 3 is 2.00 bits per heavy atom. The highest BCUT2D eigenvalue weighted by atomic mass is 15.1. The maximum Gasteiger partial charge on any atom is 0.000439 e. The minimum Gasteiger partial charge on any atom is -0.303 e. The molecule has 0 bridgehead atoms. The van der Waals surface area contributed by atoms with E-state index in [2.05, 4.69) is 32.6 Å². The van der Waals surface area contributed by atoms with E-state index in [4.69, 9.17) is 0 Å². The third kappa shape index (κ3) is 6.52. The van der Waals surface area contributed by atoms with Crippen LogP contribution in [0.2, 0.25) is 0 Å². The Hall–Kier alpha value is -0.0400. The Morgan fingerprint density at radius 2 is 1.56 bits per heavy atom. The molecule has 1 heterocycles. The first-order chi connectivity index (χ1) is 7.08. The lowest BCUT2D eigenvalue weighted by molar-refractivity contribution is 0.160. The number of hydrogen-bond donors (Lipinski definition) is 0. The van der Waals surface area contributed by atoms with Gasteiger partial charge in [-0.2, -0.15) is 0 Å². The molecule has 0 saturated carbocycles. The molecule has 0 atom stereocenters. The van der Waals surface area contributed by atoms with Crippen LogP contribution in [0.1, 0.15) is 60.8 Å². The van der Waals surface area contributed by atoms with E-state index >= 15 is 0 Å². The summed E-state index contributed by atoms with van der Waals surface area (Å²) >= 11 is 0. The van der Waals surface area contributed by atoms with Gasteiger partial charge in [0.15, 0.2) is 0 Å². The average Bonchev–Trinajstić information content (AvgIpc) is 2.16. The van der Waals surface area contributed by atoms with Crippen molar-refractivity contribution in [3.8, 4) is 0 Å². The zero-order chi connectivity index (χ0) is 11.3. The van der Waals surface area contributed by atoms with E-state index in [-0.39, 0.29) is 7.43 Å². The van der Waals surface area contributed by atoms with Crippen molar-refractivity contribution in [2.75, 3.05) is 19.6 Å². The Bertz CT molecular complexity index is 155. The highest BCUT2D eigenvalue weighted by Crippen LogP contribution is 2.24. The van der Waals surface area contributed by atoms with Crippen LogP contribution in [0.3, 0.4) is 0 Å². The lowest BCUT2D eigenvalue weighted by Crippen LogP contribution is -2.36. The van der Waals surface area contributed by atoms with E-state index in [9.17, 15) is 0 Å². The number of piperidine rings is 1. The minimum atomic E-state index is 0. The summed E-state index contributed by atoms with van der Waals surface area (Å²) in [6.07, 6.45) is 5.78. The molecular formula is C15H33N. The molecule has 0 unspecified atom stereocenters. The van der Waals surface area contributed by atoms with Crippen LogP contribution in [0, 0.1) is 17.8 Å². The minimum absolute atomic E-state index is 0. The first-order valence-corrected chi connectivity index (χ1v) is 6.80. The topological polar surface area (TPSA) is 3.24 Å². The van der Waals surface area contributed by atoms with E-state index in [1.165, 1.54) is 45.3 Å². The van der Waals surface area contributed by atoms with Crippen molar-refractivity contribution in [2.24, 2.45) is 17.8 Å². The second-order valence-electron chi connectivity index (χ2n) is 6.11. The van der Waals surface area contributed by atoms with Gasteiger partial charge in [-0.15, -0.1) is 0 Å². The summed E-state index contributed by atoms with van der Waals surface area (Å²) in [7, 11) is 0. The van der Waals surface area contributed by atoms with Crippen molar-refractivity contribution in [3.63, 3.8) is 0 Å². The lowest BCUT2D eigenvalue weighted by atomic mass is 9.89. The lowest BCUT2D eigenvalue weighted by Gasteiger charge is -2.33. The van der Waals surface area contributed by atoms with Gasteiger partial charge < -0.3 is 4.90 Å². The van der Waals surface area contributed by atoms with Crippen molar-refractivity contribution in [1.82, 2.24) is 4.90 Å². The number of rotatable bonds is 5. The van der Waals surface area contributed by atoms with Crippen molar-refractivity contribution in [1.29, 1.82) is 0 Å². The fourth-order valence-corrected chi connectivity index (χ4v) is 2.54. The van der Waals surface area contributed by atoms with E-state index in [0.29, 0.717) is 0 Å². The second-order valence-corrected chi connectivity index (χ2v) is 6.11. The van der Waals surface area contributed by atoms with E-state index in [1.54, 1.807) is 0 Å². The summed E-state index contributed by atoms with van der Waals surface area (Å²) in [5.74, 6) is 2.74. The molecule has 0 radical (unpaired) electrons. The van der Waals surface area contributed by atoms with E-state index in [1.807, 2.05) is 0 Å². The van der Waals surface area contributed by atoms with Crippen LogP contribution in [-0.4, -0.2) is 24.5 Å². The molecule has 1 aliphatic heterocycles. The molecular weight excluding hydrogens is 194 g/mol. The zero-order valence-corrected chi connectivity index (χ0v) is 11.1. The molecule has 1 fully saturated rings. The molecule has 1 saturated heterocycles. The molecule has 1 rings (SSSR count). The summed E-state index contributed by atoms with van der Waals surface area (Å²) in [5, 5.41) is 0. The predicted molar refractivity (Wildman–Crippen MR) is 74.8 cm³/mol. The second kappa shape index (κ2) is 8.11. The molecule has 16 heavy (non-hydrogen) atoms. The maximum atomic E-state index is 2.65. The molecule has 0 N–H and O–H groups in total. The van der Waals surface area contributed by atoms with Crippen molar-refractivity contribution < 1.29 is 0 Å². The fourth-order valence-electron chi connectivity index (χ4n) is 2.54. The van der Waals surface area contributed by atoms with Gasteiger partial charge in [0.25, 0.3) is 0 Å². The number of likely N-dealkylation sites (tertiary alicyclic amines) is 1. The van der Waals surface area contributed by atoms with Crippen LogP contribution in [0.25, 0.3) is 0 Å². The van der Waals surface area contributed by atoms with Crippen LogP contribution in [0.5, 0.6) is 0 Å². The first-order valence-electron chi connectivity index (χ1n) is 6.80. The Balaban J connectivity index is 0.00000225. The molecule has 0 amide bonds. The fraction of sp³-hybridized carbons (Fsp3) is 1.00. The predicted octanol–water partition coefficient (Wildman–Crippen LogP) is 4.43. The highest BCUT2D eigenvalue weighted by Gasteiger charge is 2.19. The molecule has 1 heteroatoms. The first kappa shape index (κ1) is 16.0. The van der Waals surface area contributed by atoms with Crippen LogP contribution >= 0.6 is 0 Å². The van der Waals surface area contributed by atoms with Crippen LogP contribution < -0.4 is 0 Å². The van der Waals surface area contributed by atoms with Gasteiger partial charge >= 0.3 is 0 Å². The highest BCUT2D eigenvalue weighted by molar-refractivity contribution is 4.73. The summed E-state index contributed by atoms with van der Waals surface area (Å²) in [6.45, 7) is 13.3. The van der Waals surface area contributed by atoms with Gasteiger partial charge in [-0.3, -0.25) is 0 Å². The maximum absolute atomic E-state index is 2.65. The molecule has 1 nitrogen and oxygen atoms in total. The van der Waals surface area contributed by atoms with Crippen LogP contribution in [0.4, 0.5) is 0 Å². The average molecular weight is 227 g/mol. The smallest absolute Gasteiger partial charge is 0.000439 e.